The average Bonchev–Trinajstić information content (AvgIpc) is 3.48. The van der Waals surface area contributed by atoms with Crippen LogP contribution in [0.3, 0.4) is 0 Å². The van der Waals surface area contributed by atoms with Crippen LogP contribution >= 0.6 is 0 Å². The molecule has 5 nitrogen and oxygen atoms in total. The van der Waals surface area contributed by atoms with E-state index in [1.165, 1.54) is 25.0 Å². The number of hydrogen-bond acceptors (Lipinski definition) is 2. The van der Waals surface area contributed by atoms with Gasteiger partial charge in [0.05, 0.1) is 0 Å². The van der Waals surface area contributed by atoms with E-state index in [9.17, 15) is 14.0 Å². The quantitative estimate of drug-likeness (QED) is 0.881. The fraction of sp³-hybridized carbons (Fsp3) is 0.619. The minimum atomic E-state index is -0.273. The molecule has 27 heavy (non-hydrogen) atoms. The first kappa shape index (κ1) is 18.3. The predicted molar refractivity (Wildman–Crippen MR) is 100 cm³/mol. The van der Waals surface area contributed by atoms with Crippen LogP contribution in [0.2, 0.25) is 0 Å². The van der Waals surface area contributed by atoms with Crippen molar-refractivity contribution >= 4 is 11.9 Å². The van der Waals surface area contributed by atoms with Crippen molar-refractivity contribution in [1.82, 2.24) is 15.1 Å². The number of carbonyl (C=O) groups excluding carboxylic acids is 2. The molecule has 1 N–H and O–H groups in total. The summed E-state index contributed by atoms with van der Waals surface area (Å²) in [5, 5.41) is 2.96. The van der Waals surface area contributed by atoms with Gasteiger partial charge in [-0.3, -0.25) is 4.79 Å². The Labute approximate surface area is 159 Å². The van der Waals surface area contributed by atoms with E-state index in [4.69, 9.17) is 0 Å². The van der Waals surface area contributed by atoms with Gasteiger partial charge in [0, 0.05) is 44.6 Å². The number of halogens is 1. The Hall–Kier alpha value is -2.11. The van der Waals surface area contributed by atoms with E-state index in [-0.39, 0.29) is 23.2 Å². The van der Waals surface area contributed by atoms with Crippen molar-refractivity contribution < 1.29 is 14.0 Å². The van der Waals surface area contributed by atoms with Crippen LogP contribution in [0, 0.1) is 17.2 Å². The lowest BCUT2D eigenvalue weighted by atomic mass is 9.73. The topological polar surface area (TPSA) is 52.7 Å². The molecule has 4 rings (SSSR count). The molecule has 2 heterocycles. The molecule has 1 spiro atoms. The summed E-state index contributed by atoms with van der Waals surface area (Å²) in [5.74, 6) is 0.707. The molecule has 0 radical (unpaired) electrons. The van der Waals surface area contributed by atoms with E-state index in [0.717, 1.165) is 51.0 Å². The summed E-state index contributed by atoms with van der Waals surface area (Å²) in [4.78, 5) is 28.9. The summed E-state index contributed by atoms with van der Waals surface area (Å²) in [7, 11) is 0. The van der Waals surface area contributed by atoms with Crippen molar-refractivity contribution in [3.8, 4) is 0 Å². The highest BCUT2D eigenvalue weighted by Crippen LogP contribution is 2.40. The van der Waals surface area contributed by atoms with Gasteiger partial charge in [-0.2, -0.15) is 0 Å². The zero-order valence-corrected chi connectivity index (χ0v) is 15.8. The molecule has 0 bridgehead atoms. The van der Waals surface area contributed by atoms with E-state index < -0.39 is 0 Å². The molecular formula is C21H28FN3O2. The van der Waals surface area contributed by atoms with Gasteiger partial charge in [-0.15, -0.1) is 0 Å². The SMILES string of the molecule is O=C1CCC2(CCCN(C(=O)NCc3ccc(F)cc3)C2)CN1CC1CC1. The van der Waals surface area contributed by atoms with Gasteiger partial charge in [0.15, 0.2) is 0 Å². The van der Waals surface area contributed by atoms with Crippen LogP contribution in [0.25, 0.3) is 0 Å². The molecule has 1 aliphatic carbocycles. The normalized spacial score (nSPS) is 25.7. The third kappa shape index (κ3) is 4.42. The van der Waals surface area contributed by atoms with Crippen molar-refractivity contribution in [3.63, 3.8) is 0 Å². The van der Waals surface area contributed by atoms with Crippen molar-refractivity contribution in [2.75, 3.05) is 26.2 Å². The number of hydrogen-bond donors (Lipinski definition) is 1. The lowest BCUT2D eigenvalue weighted by Crippen LogP contribution is -2.56. The fourth-order valence-electron chi connectivity index (χ4n) is 4.49. The van der Waals surface area contributed by atoms with Crippen molar-refractivity contribution in [3.05, 3.63) is 35.6 Å². The number of carbonyl (C=O) groups is 2. The summed E-state index contributed by atoms with van der Waals surface area (Å²) >= 11 is 0. The van der Waals surface area contributed by atoms with E-state index >= 15 is 0 Å². The number of likely N-dealkylation sites (tertiary alicyclic amines) is 2. The lowest BCUT2D eigenvalue weighted by Gasteiger charge is -2.48. The Bertz CT molecular complexity index is 704. The number of nitrogens with zero attached hydrogens (tertiary/aromatic N) is 2. The molecule has 1 atom stereocenters. The highest BCUT2D eigenvalue weighted by atomic mass is 19.1. The monoisotopic (exact) mass is 373 g/mol. The smallest absolute Gasteiger partial charge is 0.317 e. The second-order valence-electron chi connectivity index (χ2n) is 8.53. The van der Waals surface area contributed by atoms with Crippen molar-refractivity contribution in [2.45, 2.75) is 45.1 Å². The van der Waals surface area contributed by atoms with Crippen LogP contribution < -0.4 is 5.32 Å². The minimum absolute atomic E-state index is 0.0499. The zero-order chi connectivity index (χ0) is 18.9. The van der Waals surface area contributed by atoms with Crippen LogP contribution in [-0.4, -0.2) is 47.9 Å². The van der Waals surface area contributed by atoms with Gasteiger partial charge in [0.25, 0.3) is 0 Å². The minimum Gasteiger partial charge on any atom is -0.342 e. The first-order chi connectivity index (χ1) is 13.0. The van der Waals surface area contributed by atoms with Gasteiger partial charge in [0.1, 0.15) is 5.82 Å². The van der Waals surface area contributed by atoms with E-state index in [2.05, 4.69) is 10.2 Å². The van der Waals surface area contributed by atoms with E-state index in [1.54, 1.807) is 12.1 Å². The Kier molecular flexibility index (Phi) is 5.06. The van der Waals surface area contributed by atoms with Gasteiger partial charge < -0.3 is 15.1 Å². The van der Waals surface area contributed by atoms with E-state index in [1.807, 2.05) is 4.90 Å². The van der Waals surface area contributed by atoms with Crippen molar-refractivity contribution in [2.24, 2.45) is 11.3 Å². The van der Waals surface area contributed by atoms with Gasteiger partial charge in [0.2, 0.25) is 5.91 Å². The largest absolute Gasteiger partial charge is 0.342 e. The van der Waals surface area contributed by atoms with Crippen LogP contribution in [-0.2, 0) is 11.3 Å². The number of benzene rings is 1. The first-order valence-corrected chi connectivity index (χ1v) is 10.1. The second-order valence-corrected chi connectivity index (χ2v) is 8.53. The molecule has 3 aliphatic rings. The molecule has 0 aromatic heterocycles. The molecule has 2 saturated heterocycles. The average molecular weight is 373 g/mol. The second kappa shape index (κ2) is 7.49. The number of amides is 3. The van der Waals surface area contributed by atoms with Gasteiger partial charge in [-0.05, 0) is 55.7 Å². The molecule has 1 saturated carbocycles. The molecule has 6 heteroatoms. The molecule has 2 aliphatic heterocycles. The first-order valence-electron chi connectivity index (χ1n) is 10.1. The molecule has 3 amide bonds. The maximum Gasteiger partial charge on any atom is 0.317 e. The molecule has 146 valence electrons. The van der Waals surface area contributed by atoms with Gasteiger partial charge in [-0.1, -0.05) is 12.1 Å². The van der Waals surface area contributed by atoms with Crippen molar-refractivity contribution in [1.29, 1.82) is 0 Å². The third-order valence-electron chi connectivity index (χ3n) is 6.23. The Morgan fingerprint density at radius 3 is 2.70 bits per heavy atom. The third-order valence-corrected chi connectivity index (χ3v) is 6.23. The standard InChI is InChI=1S/C21H28FN3O2/c22-18-6-4-16(5-7-18)12-23-20(27)24-11-1-9-21(14-24)10-8-19(26)25(15-21)13-17-2-3-17/h4-7,17H,1-3,8-15H2,(H,23,27). The number of piperidine rings is 2. The van der Waals surface area contributed by atoms with Crippen LogP contribution in [0.15, 0.2) is 24.3 Å². The maximum absolute atomic E-state index is 13.0. The van der Waals surface area contributed by atoms with Crippen LogP contribution in [0.5, 0.6) is 0 Å². The molecule has 1 aromatic carbocycles. The lowest BCUT2D eigenvalue weighted by molar-refractivity contribution is -0.139. The summed E-state index contributed by atoms with van der Waals surface area (Å²) in [6.45, 7) is 3.57. The molecule has 1 unspecified atom stereocenters. The highest BCUT2D eigenvalue weighted by Gasteiger charge is 2.43. The number of nitrogens with one attached hydrogen (secondary N) is 1. The predicted octanol–water partition coefficient (Wildman–Crippen LogP) is 3.15. The number of rotatable bonds is 4. The Morgan fingerprint density at radius 1 is 1.19 bits per heavy atom. The summed E-state index contributed by atoms with van der Waals surface area (Å²) in [6.07, 6.45) is 6.05. The Morgan fingerprint density at radius 2 is 1.96 bits per heavy atom. The molecular weight excluding hydrogens is 345 g/mol. The van der Waals surface area contributed by atoms with E-state index in [0.29, 0.717) is 18.9 Å². The van der Waals surface area contributed by atoms with Crippen LogP contribution in [0.1, 0.15) is 44.1 Å². The van der Waals surface area contributed by atoms with Crippen LogP contribution in [0.4, 0.5) is 9.18 Å². The molecule has 1 aromatic rings. The number of urea groups is 1. The summed E-state index contributed by atoms with van der Waals surface area (Å²) < 4.78 is 13.0. The van der Waals surface area contributed by atoms with Gasteiger partial charge in [-0.25, -0.2) is 9.18 Å². The highest BCUT2D eigenvalue weighted by molar-refractivity contribution is 5.77. The molecule has 3 fully saturated rings. The van der Waals surface area contributed by atoms with Gasteiger partial charge >= 0.3 is 6.03 Å². The zero-order valence-electron chi connectivity index (χ0n) is 15.8. The Balaban J connectivity index is 1.34. The summed E-state index contributed by atoms with van der Waals surface area (Å²) in [5.41, 5.74) is 0.934. The maximum atomic E-state index is 13.0. The summed E-state index contributed by atoms with van der Waals surface area (Å²) in [6, 6.07) is 6.13. The fourth-order valence-corrected chi connectivity index (χ4v) is 4.49.